The Balaban J connectivity index is 1.67. The average molecular weight is 256 g/mol. The lowest BCUT2D eigenvalue weighted by Gasteiger charge is -2.28. The maximum absolute atomic E-state index is 10.8. The van der Waals surface area contributed by atoms with Gasteiger partial charge in [0.25, 0.3) is 0 Å². The number of carboxylic acids is 1. The summed E-state index contributed by atoms with van der Waals surface area (Å²) in [4.78, 5) is 10.8. The van der Waals surface area contributed by atoms with Gasteiger partial charge in [-0.2, -0.15) is 11.8 Å². The third kappa shape index (κ3) is 3.90. The van der Waals surface area contributed by atoms with Gasteiger partial charge in [0.15, 0.2) is 0 Å². The van der Waals surface area contributed by atoms with Crippen molar-refractivity contribution in [1.29, 1.82) is 0 Å². The van der Waals surface area contributed by atoms with Crippen molar-refractivity contribution in [3.63, 3.8) is 0 Å². The second kappa shape index (κ2) is 5.64. The van der Waals surface area contributed by atoms with Crippen molar-refractivity contribution in [3.8, 4) is 0 Å². The van der Waals surface area contributed by atoms with Crippen LogP contribution in [0.4, 0.5) is 0 Å². The van der Waals surface area contributed by atoms with Gasteiger partial charge in [-0.25, -0.2) is 0 Å². The summed E-state index contributed by atoms with van der Waals surface area (Å²) in [6, 6.07) is 0. The first-order valence-corrected chi connectivity index (χ1v) is 8.02. The van der Waals surface area contributed by atoms with E-state index < -0.39 is 5.97 Å². The Morgan fingerprint density at radius 2 is 1.94 bits per heavy atom. The highest BCUT2D eigenvalue weighted by atomic mass is 32.2. The summed E-state index contributed by atoms with van der Waals surface area (Å²) < 4.78 is 0. The molecule has 0 radical (unpaired) electrons. The molecule has 0 unspecified atom stereocenters. The van der Waals surface area contributed by atoms with Gasteiger partial charge < -0.3 is 5.11 Å². The molecule has 0 aromatic rings. The number of carbonyl (C=O) groups is 1. The molecule has 3 heteroatoms. The second-order valence-corrected chi connectivity index (χ2v) is 7.22. The second-order valence-electron chi connectivity index (χ2n) is 5.93. The van der Waals surface area contributed by atoms with E-state index in [2.05, 4.69) is 18.7 Å². The van der Waals surface area contributed by atoms with Crippen molar-refractivity contribution in [2.45, 2.75) is 63.5 Å². The van der Waals surface area contributed by atoms with Crippen molar-refractivity contribution in [2.75, 3.05) is 5.75 Å². The van der Waals surface area contributed by atoms with E-state index in [1.54, 1.807) is 0 Å². The highest BCUT2D eigenvalue weighted by molar-refractivity contribution is 7.99. The molecule has 0 aliphatic heterocycles. The fraction of sp³-hybridized carbons (Fsp3) is 0.929. The molecule has 0 amide bonds. The zero-order chi connectivity index (χ0) is 12.3. The van der Waals surface area contributed by atoms with Gasteiger partial charge in [0.1, 0.15) is 0 Å². The highest BCUT2D eigenvalue weighted by Gasteiger charge is 2.44. The van der Waals surface area contributed by atoms with Gasteiger partial charge in [-0.3, -0.25) is 4.79 Å². The third-order valence-electron chi connectivity index (χ3n) is 4.48. The number of hydrogen-bond acceptors (Lipinski definition) is 2. The van der Waals surface area contributed by atoms with Crippen molar-refractivity contribution in [1.82, 2.24) is 0 Å². The minimum absolute atomic E-state index is 0.179. The van der Waals surface area contributed by atoms with Crippen molar-refractivity contribution in [2.24, 2.45) is 11.3 Å². The largest absolute Gasteiger partial charge is 0.481 e. The Bertz CT molecular complexity index is 265. The van der Waals surface area contributed by atoms with Crippen LogP contribution in [0.1, 0.15) is 58.3 Å². The molecular formula is C14H24O2S. The first-order chi connectivity index (χ1) is 8.13. The van der Waals surface area contributed by atoms with Crippen molar-refractivity contribution >= 4 is 17.7 Å². The van der Waals surface area contributed by atoms with Gasteiger partial charge in [0, 0.05) is 5.25 Å². The van der Waals surface area contributed by atoms with Crippen LogP contribution in [0.15, 0.2) is 0 Å². The quantitative estimate of drug-likeness (QED) is 0.782. The van der Waals surface area contributed by atoms with Gasteiger partial charge >= 0.3 is 5.97 Å². The van der Waals surface area contributed by atoms with Crippen LogP contribution in [0.2, 0.25) is 0 Å². The molecule has 17 heavy (non-hydrogen) atoms. The summed E-state index contributed by atoms with van der Waals surface area (Å²) in [6.07, 6.45) is 9.48. The minimum Gasteiger partial charge on any atom is -0.481 e. The first kappa shape index (κ1) is 13.3. The van der Waals surface area contributed by atoms with E-state index in [-0.39, 0.29) is 5.41 Å². The van der Waals surface area contributed by atoms with E-state index in [1.165, 1.54) is 32.1 Å². The average Bonchev–Trinajstić information content (AvgIpc) is 3.06. The standard InChI is InChI=1S/C14H24O2S/c1-2-11-3-5-12(6-4-11)17-10-14(7-8-14)9-13(15)16/h11-12H,2-10H2,1H3,(H,15,16). The van der Waals surface area contributed by atoms with Crippen LogP contribution in [0.5, 0.6) is 0 Å². The van der Waals surface area contributed by atoms with Crippen LogP contribution in [0, 0.1) is 11.3 Å². The molecule has 2 aliphatic rings. The maximum atomic E-state index is 10.8. The highest BCUT2D eigenvalue weighted by Crippen LogP contribution is 2.52. The molecule has 2 aliphatic carbocycles. The van der Waals surface area contributed by atoms with Gasteiger partial charge in [-0.1, -0.05) is 13.3 Å². The molecule has 2 fully saturated rings. The summed E-state index contributed by atoms with van der Waals surface area (Å²) in [5.74, 6) is 1.43. The molecule has 0 atom stereocenters. The lowest BCUT2D eigenvalue weighted by Crippen LogP contribution is -2.19. The fourth-order valence-corrected chi connectivity index (χ4v) is 4.46. The predicted molar refractivity (Wildman–Crippen MR) is 72.4 cm³/mol. The number of thioether (sulfide) groups is 1. The minimum atomic E-state index is -0.613. The van der Waals surface area contributed by atoms with Crippen molar-refractivity contribution < 1.29 is 9.90 Å². The molecule has 2 rings (SSSR count). The molecule has 98 valence electrons. The van der Waals surface area contributed by atoms with Crippen LogP contribution >= 0.6 is 11.8 Å². The summed E-state index contributed by atoms with van der Waals surface area (Å²) in [5.41, 5.74) is 0.179. The molecule has 0 aromatic heterocycles. The lowest BCUT2D eigenvalue weighted by atomic mass is 9.87. The van der Waals surface area contributed by atoms with E-state index in [0.29, 0.717) is 6.42 Å². The fourth-order valence-electron chi connectivity index (χ4n) is 2.87. The first-order valence-electron chi connectivity index (χ1n) is 6.97. The van der Waals surface area contributed by atoms with Gasteiger partial charge in [0.05, 0.1) is 6.42 Å². The van der Waals surface area contributed by atoms with Gasteiger partial charge in [-0.05, 0) is 55.6 Å². The zero-order valence-electron chi connectivity index (χ0n) is 10.8. The molecule has 1 N–H and O–H groups in total. The summed E-state index contributed by atoms with van der Waals surface area (Å²) >= 11 is 2.06. The Labute approximate surface area is 109 Å². The molecular weight excluding hydrogens is 232 g/mol. The topological polar surface area (TPSA) is 37.3 Å². The number of rotatable bonds is 6. The normalized spacial score (nSPS) is 31.1. The van der Waals surface area contributed by atoms with Crippen LogP contribution < -0.4 is 0 Å². The molecule has 0 saturated heterocycles. The Morgan fingerprint density at radius 3 is 2.41 bits per heavy atom. The number of aliphatic carboxylic acids is 1. The molecule has 2 nitrogen and oxygen atoms in total. The zero-order valence-corrected chi connectivity index (χ0v) is 11.6. The summed E-state index contributed by atoms with van der Waals surface area (Å²) in [5, 5.41) is 9.69. The SMILES string of the molecule is CCC1CCC(SCC2(CC(=O)O)CC2)CC1. The smallest absolute Gasteiger partial charge is 0.303 e. The van der Waals surface area contributed by atoms with E-state index in [4.69, 9.17) is 5.11 Å². The third-order valence-corrected chi connectivity index (χ3v) is 6.20. The van der Waals surface area contributed by atoms with Crippen LogP contribution in [0.25, 0.3) is 0 Å². The van der Waals surface area contributed by atoms with Gasteiger partial charge in [0.2, 0.25) is 0 Å². The molecule has 0 aromatic carbocycles. The number of hydrogen-bond donors (Lipinski definition) is 1. The van der Waals surface area contributed by atoms with Crippen LogP contribution in [-0.4, -0.2) is 22.1 Å². The van der Waals surface area contributed by atoms with E-state index >= 15 is 0 Å². The molecule has 2 saturated carbocycles. The van der Waals surface area contributed by atoms with E-state index in [9.17, 15) is 4.79 Å². The van der Waals surface area contributed by atoms with E-state index in [0.717, 1.165) is 29.8 Å². The molecule has 0 spiro atoms. The lowest BCUT2D eigenvalue weighted by molar-refractivity contribution is -0.138. The predicted octanol–water partition coefficient (Wildman–Crippen LogP) is 3.94. The Hall–Kier alpha value is -0.180. The van der Waals surface area contributed by atoms with Gasteiger partial charge in [-0.15, -0.1) is 0 Å². The van der Waals surface area contributed by atoms with Crippen LogP contribution in [0.3, 0.4) is 0 Å². The Morgan fingerprint density at radius 1 is 1.29 bits per heavy atom. The van der Waals surface area contributed by atoms with E-state index in [1.807, 2.05) is 0 Å². The van der Waals surface area contributed by atoms with Crippen molar-refractivity contribution in [3.05, 3.63) is 0 Å². The maximum Gasteiger partial charge on any atom is 0.303 e. The molecule has 0 heterocycles. The summed E-state index contributed by atoms with van der Waals surface area (Å²) in [7, 11) is 0. The number of carboxylic acid groups (broad SMARTS) is 1. The van der Waals surface area contributed by atoms with Crippen LogP contribution in [-0.2, 0) is 4.79 Å². The monoisotopic (exact) mass is 256 g/mol. The molecule has 0 bridgehead atoms. The Kier molecular flexibility index (Phi) is 4.40. The summed E-state index contributed by atoms with van der Waals surface area (Å²) in [6.45, 7) is 2.30.